The zero-order valence-electron chi connectivity index (χ0n) is 12.2. The van der Waals surface area contributed by atoms with Crippen LogP contribution < -0.4 is 10.1 Å². The molecular weight excluding hydrogens is 276 g/mol. The van der Waals surface area contributed by atoms with Crippen molar-refractivity contribution in [1.29, 1.82) is 0 Å². The Morgan fingerprint density at radius 3 is 2.29 bits per heavy atom. The molecular formula is C16H23F2NO2. The molecule has 1 aliphatic rings. The molecule has 0 saturated heterocycles. The van der Waals surface area contributed by atoms with E-state index in [1.165, 1.54) is 25.0 Å². The van der Waals surface area contributed by atoms with Gasteiger partial charge in [0.25, 0.3) is 0 Å². The summed E-state index contributed by atoms with van der Waals surface area (Å²) in [6, 6.07) is 6.57. The average Bonchev–Trinajstić information content (AvgIpc) is 2.65. The molecule has 0 radical (unpaired) electrons. The topological polar surface area (TPSA) is 41.5 Å². The minimum Gasteiger partial charge on any atom is -0.435 e. The van der Waals surface area contributed by atoms with Crippen molar-refractivity contribution in [1.82, 2.24) is 5.32 Å². The molecule has 118 valence electrons. The van der Waals surface area contributed by atoms with Crippen LogP contribution in [0.3, 0.4) is 0 Å². The smallest absolute Gasteiger partial charge is 0.387 e. The fraction of sp³-hybridized carbons (Fsp3) is 0.625. The zero-order chi connectivity index (χ0) is 15.1. The van der Waals surface area contributed by atoms with Gasteiger partial charge in [-0.05, 0) is 30.5 Å². The van der Waals surface area contributed by atoms with Gasteiger partial charge >= 0.3 is 6.61 Å². The van der Waals surface area contributed by atoms with Gasteiger partial charge in [-0.15, -0.1) is 0 Å². The lowest BCUT2D eigenvalue weighted by atomic mass is 9.94. The maximum absolute atomic E-state index is 12.0. The number of hydrogen-bond donors (Lipinski definition) is 2. The van der Waals surface area contributed by atoms with Crippen LogP contribution in [0.1, 0.15) is 44.1 Å². The zero-order valence-corrected chi connectivity index (χ0v) is 12.2. The number of halogens is 2. The van der Waals surface area contributed by atoms with Crippen molar-refractivity contribution in [2.45, 2.75) is 57.3 Å². The molecule has 0 amide bonds. The molecule has 2 N–H and O–H groups in total. The maximum Gasteiger partial charge on any atom is 0.387 e. The van der Waals surface area contributed by atoms with Crippen LogP contribution in [-0.4, -0.2) is 23.9 Å². The van der Waals surface area contributed by atoms with Crippen molar-refractivity contribution in [3.8, 4) is 5.75 Å². The molecule has 1 fully saturated rings. The quantitative estimate of drug-likeness (QED) is 0.790. The molecule has 0 atom stereocenters. The predicted octanol–water partition coefficient (Wildman–Crippen LogP) is 3.46. The van der Waals surface area contributed by atoms with Gasteiger partial charge < -0.3 is 15.2 Å². The van der Waals surface area contributed by atoms with E-state index in [1.54, 1.807) is 12.1 Å². The lowest BCUT2D eigenvalue weighted by Crippen LogP contribution is -2.39. The lowest BCUT2D eigenvalue weighted by molar-refractivity contribution is -0.0498. The van der Waals surface area contributed by atoms with Crippen molar-refractivity contribution in [2.24, 2.45) is 0 Å². The van der Waals surface area contributed by atoms with Gasteiger partial charge in [0.05, 0.1) is 5.60 Å². The van der Waals surface area contributed by atoms with Crippen LogP contribution in [0.4, 0.5) is 8.78 Å². The van der Waals surface area contributed by atoms with Crippen LogP contribution in [0, 0.1) is 0 Å². The number of nitrogens with one attached hydrogen (secondary N) is 1. The van der Waals surface area contributed by atoms with E-state index in [0.717, 1.165) is 31.2 Å². The summed E-state index contributed by atoms with van der Waals surface area (Å²) < 4.78 is 28.4. The predicted molar refractivity (Wildman–Crippen MR) is 77.4 cm³/mol. The molecule has 0 heterocycles. The fourth-order valence-electron chi connectivity index (χ4n) is 2.79. The SMILES string of the molecule is OC1(CNCc2ccc(OC(F)F)cc2)CCCCCC1. The second-order valence-electron chi connectivity index (χ2n) is 5.76. The summed E-state index contributed by atoms with van der Waals surface area (Å²) in [6.07, 6.45) is 6.26. The Bertz CT molecular complexity index is 415. The van der Waals surface area contributed by atoms with Crippen LogP contribution in [-0.2, 0) is 6.54 Å². The highest BCUT2D eigenvalue weighted by Gasteiger charge is 2.27. The van der Waals surface area contributed by atoms with Crippen molar-refractivity contribution in [3.05, 3.63) is 29.8 Å². The van der Waals surface area contributed by atoms with Crippen LogP contribution in [0.15, 0.2) is 24.3 Å². The molecule has 2 rings (SSSR count). The van der Waals surface area contributed by atoms with E-state index in [4.69, 9.17) is 0 Å². The van der Waals surface area contributed by atoms with Gasteiger partial charge in [-0.2, -0.15) is 8.78 Å². The molecule has 5 heteroatoms. The first-order valence-corrected chi connectivity index (χ1v) is 7.54. The normalized spacial score (nSPS) is 18.5. The highest BCUT2D eigenvalue weighted by atomic mass is 19.3. The molecule has 1 aliphatic carbocycles. The van der Waals surface area contributed by atoms with E-state index < -0.39 is 12.2 Å². The summed E-state index contributed by atoms with van der Waals surface area (Å²) >= 11 is 0. The van der Waals surface area contributed by atoms with Crippen LogP contribution in [0.25, 0.3) is 0 Å². The molecule has 1 saturated carbocycles. The number of aliphatic hydroxyl groups is 1. The van der Waals surface area contributed by atoms with Crippen molar-refractivity contribution in [2.75, 3.05) is 6.54 Å². The van der Waals surface area contributed by atoms with Crippen LogP contribution >= 0.6 is 0 Å². The molecule has 1 aromatic rings. The summed E-state index contributed by atoms with van der Waals surface area (Å²) in [6.45, 7) is -1.61. The molecule has 0 aromatic heterocycles. The number of alkyl halides is 2. The van der Waals surface area contributed by atoms with E-state index in [0.29, 0.717) is 13.1 Å². The van der Waals surface area contributed by atoms with E-state index in [-0.39, 0.29) is 5.75 Å². The molecule has 0 bridgehead atoms. The van der Waals surface area contributed by atoms with E-state index >= 15 is 0 Å². The number of hydrogen-bond acceptors (Lipinski definition) is 3. The van der Waals surface area contributed by atoms with Gasteiger partial charge in [-0.3, -0.25) is 0 Å². The highest BCUT2D eigenvalue weighted by Crippen LogP contribution is 2.26. The monoisotopic (exact) mass is 299 g/mol. The summed E-state index contributed by atoms with van der Waals surface area (Å²) in [5.74, 6) is 0.163. The first-order chi connectivity index (χ1) is 10.1. The van der Waals surface area contributed by atoms with Crippen molar-refractivity contribution >= 4 is 0 Å². The highest BCUT2D eigenvalue weighted by molar-refractivity contribution is 5.27. The second kappa shape index (κ2) is 7.71. The average molecular weight is 299 g/mol. The molecule has 3 nitrogen and oxygen atoms in total. The molecule has 1 aromatic carbocycles. The Labute approximate surface area is 124 Å². The number of ether oxygens (including phenoxy) is 1. The molecule has 0 aliphatic heterocycles. The second-order valence-corrected chi connectivity index (χ2v) is 5.76. The van der Waals surface area contributed by atoms with Crippen LogP contribution in [0.2, 0.25) is 0 Å². The standard InChI is InChI=1S/C16H23F2NO2/c17-15(18)21-14-7-5-13(6-8-14)11-19-12-16(20)9-3-1-2-4-10-16/h5-8,15,19-20H,1-4,9-12H2. The van der Waals surface area contributed by atoms with Gasteiger partial charge in [0.1, 0.15) is 5.75 Å². The van der Waals surface area contributed by atoms with Gasteiger partial charge in [-0.1, -0.05) is 37.8 Å². The van der Waals surface area contributed by atoms with Gasteiger partial charge in [0.2, 0.25) is 0 Å². The van der Waals surface area contributed by atoms with Crippen molar-refractivity contribution < 1.29 is 18.6 Å². The lowest BCUT2D eigenvalue weighted by Gasteiger charge is -2.27. The van der Waals surface area contributed by atoms with Gasteiger partial charge in [0.15, 0.2) is 0 Å². The third-order valence-electron chi connectivity index (χ3n) is 3.97. The Kier molecular flexibility index (Phi) is 5.94. The van der Waals surface area contributed by atoms with E-state index in [2.05, 4.69) is 10.1 Å². The summed E-state index contributed by atoms with van der Waals surface area (Å²) in [5, 5.41) is 13.8. The summed E-state index contributed by atoms with van der Waals surface area (Å²) in [5.41, 5.74) is 0.378. The van der Waals surface area contributed by atoms with Crippen molar-refractivity contribution in [3.63, 3.8) is 0 Å². The fourth-order valence-corrected chi connectivity index (χ4v) is 2.79. The van der Waals surface area contributed by atoms with Gasteiger partial charge in [0, 0.05) is 13.1 Å². The first kappa shape index (κ1) is 16.2. The van der Waals surface area contributed by atoms with Crippen LogP contribution in [0.5, 0.6) is 5.75 Å². The molecule has 0 spiro atoms. The maximum atomic E-state index is 12.0. The van der Waals surface area contributed by atoms with E-state index in [9.17, 15) is 13.9 Å². The number of benzene rings is 1. The largest absolute Gasteiger partial charge is 0.435 e. The number of rotatable bonds is 6. The third kappa shape index (κ3) is 5.59. The molecule has 21 heavy (non-hydrogen) atoms. The summed E-state index contributed by atoms with van der Waals surface area (Å²) in [7, 11) is 0. The van der Waals surface area contributed by atoms with Gasteiger partial charge in [-0.25, -0.2) is 0 Å². The van der Waals surface area contributed by atoms with E-state index in [1.807, 2.05) is 0 Å². The Morgan fingerprint density at radius 2 is 1.71 bits per heavy atom. The Balaban J connectivity index is 1.77. The minimum atomic E-state index is -2.79. The first-order valence-electron chi connectivity index (χ1n) is 7.54. The minimum absolute atomic E-state index is 0.163. The Morgan fingerprint density at radius 1 is 1.10 bits per heavy atom. The Hall–Kier alpha value is -1.20. The molecule has 0 unspecified atom stereocenters. The summed E-state index contributed by atoms with van der Waals surface area (Å²) in [4.78, 5) is 0. The third-order valence-corrected chi connectivity index (χ3v) is 3.97.